The molecule has 2 aliphatic heterocycles. The minimum Gasteiger partial charge on any atom is -0.334 e. The predicted molar refractivity (Wildman–Crippen MR) is 66.2 cm³/mol. The molecule has 1 aromatic rings. The van der Waals surface area contributed by atoms with Crippen molar-refractivity contribution in [2.45, 2.75) is 32.4 Å². The Hall–Kier alpha value is -1.43. The van der Waals surface area contributed by atoms with Gasteiger partial charge in [-0.3, -0.25) is 4.79 Å². The van der Waals surface area contributed by atoms with Crippen LogP contribution in [0.15, 0.2) is 6.20 Å². The summed E-state index contributed by atoms with van der Waals surface area (Å²) in [6, 6.07) is 0.664. The van der Waals surface area contributed by atoms with E-state index in [0.717, 1.165) is 26.1 Å². The van der Waals surface area contributed by atoms with E-state index < -0.39 is 0 Å². The van der Waals surface area contributed by atoms with Gasteiger partial charge in [0.1, 0.15) is 0 Å². The van der Waals surface area contributed by atoms with Crippen molar-refractivity contribution in [3.05, 3.63) is 11.9 Å². The smallest absolute Gasteiger partial charge is 0.276 e. The summed E-state index contributed by atoms with van der Waals surface area (Å²) in [7, 11) is 0. The van der Waals surface area contributed by atoms with Crippen molar-refractivity contribution >= 4 is 5.91 Å². The van der Waals surface area contributed by atoms with Gasteiger partial charge < -0.3 is 10.2 Å². The van der Waals surface area contributed by atoms with Gasteiger partial charge in [-0.2, -0.15) is 0 Å². The summed E-state index contributed by atoms with van der Waals surface area (Å²) < 4.78 is 1.80. The highest BCUT2D eigenvalue weighted by atomic mass is 16.2. The van der Waals surface area contributed by atoms with Crippen molar-refractivity contribution in [2.24, 2.45) is 5.92 Å². The molecule has 0 aromatic carbocycles. The number of carbonyl (C=O) groups excluding carboxylic acids is 1. The molecule has 3 heterocycles. The molecule has 0 spiro atoms. The quantitative estimate of drug-likeness (QED) is 0.818. The van der Waals surface area contributed by atoms with Gasteiger partial charge in [0.25, 0.3) is 5.91 Å². The first-order chi connectivity index (χ1) is 8.65. The Morgan fingerprint density at radius 2 is 2.22 bits per heavy atom. The molecule has 2 fully saturated rings. The van der Waals surface area contributed by atoms with Crippen LogP contribution in [-0.2, 0) is 0 Å². The van der Waals surface area contributed by atoms with E-state index in [-0.39, 0.29) is 5.91 Å². The Labute approximate surface area is 106 Å². The SMILES string of the molecule is CC1CC(C)N(C(=O)c2cn(C3CNC3)nn2)C1. The van der Waals surface area contributed by atoms with E-state index in [4.69, 9.17) is 0 Å². The minimum absolute atomic E-state index is 0.0189. The Balaban J connectivity index is 1.73. The highest BCUT2D eigenvalue weighted by molar-refractivity contribution is 5.92. The van der Waals surface area contributed by atoms with Crippen molar-refractivity contribution in [1.82, 2.24) is 25.2 Å². The standard InChI is InChI=1S/C12H19N5O/c1-8-3-9(2)16(6-8)12(18)11-7-17(15-14-11)10-4-13-5-10/h7-10,13H,3-6H2,1-2H3. The van der Waals surface area contributed by atoms with Gasteiger partial charge in [0.2, 0.25) is 0 Å². The molecule has 2 saturated heterocycles. The Bertz CT molecular complexity index is 453. The Morgan fingerprint density at radius 1 is 1.44 bits per heavy atom. The third kappa shape index (κ3) is 1.90. The maximum absolute atomic E-state index is 12.3. The monoisotopic (exact) mass is 249 g/mol. The van der Waals surface area contributed by atoms with Crippen LogP contribution in [0.1, 0.15) is 36.8 Å². The highest BCUT2D eigenvalue weighted by Gasteiger charge is 2.32. The van der Waals surface area contributed by atoms with Crippen LogP contribution in [0.3, 0.4) is 0 Å². The molecular weight excluding hydrogens is 230 g/mol. The summed E-state index contributed by atoms with van der Waals surface area (Å²) in [5.41, 5.74) is 0.475. The number of rotatable bonds is 2. The largest absolute Gasteiger partial charge is 0.334 e. The molecule has 2 aliphatic rings. The second-order valence-electron chi connectivity index (χ2n) is 5.54. The zero-order chi connectivity index (χ0) is 12.7. The van der Waals surface area contributed by atoms with Crippen molar-refractivity contribution in [3.8, 4) is 0 Å². The third-order valence-electron chi connectivity index (χ3n) is 3.91. The molecule has 6 heteroatoms. The van der Waals surface area contributed by atoms with E-state index in [0.29, 0.717) is 23.7 Å². The molecule has 6 nitrogen and oxygen atoms in total. The van der Waals surface area contributed by atoms with Crippen molar-refractivity contribution < 1.29 is 4.79 Å². The summed E-state index contributed by atoms with van der Waals surface area (Å²) in [5, 5.41) is 11.3. The van der Waals surface area contributed by atoms with Crippen LogP contribution < -0.4 is 5.32 Å². The number of nitrogens with zero attached hydrogens (tertiary/aromatic N) is 4. The molecule has 18 heavy (non-hydrogen) atoms. The first kappa shape index (κ1) is 11.6. The van der Waals surface area contributed by atoms with Gasteiger partial charge in [-0.05, 0) is 19.3 Å². The third-order valence-corrected chi connectivity index (χ3v) is 3.91. The lowest BCUT2D eigenvalue weighted by molar-refractivity contribution is 0.0737. The van der Waals surface area contributed by atoms with E-state index in [9.17, 15) is 4.79 Å². The van der Waals surface area contributed by atoms with E-state index in [2.05, 4.69) is 29.5 Å². The second-order valence-corrected chi connectivity index (χ2v) is 5.54. The summed E-state index contributed by atoms with van der Waals surface area (Å²) in [4.78, 5) is 14.3. The summed E-state index contributed by atoms with van der Waals surface area (Å²) in [6.45, 7) is 6.93. The van der Waals surface area contributed by atoms with Crippen LogP contribution in [0.25, 0.3) is 0 Å². The predicted octanol–water partition coefficient (Wildman–Crippen LogP) is 0.293. The van der Waals surface area contributed by atoms with Crippen LogP contribution in [0, 0.1) is 5.92 Å². The summed E-state index contributed by atoms with van der Waals surface area (Å²) in [5.74, 6) is 0.597. The molecule has 0 bridgehead atoms. The maximum atomic E-state index is 12.3. The van der Waals surface area contributed by atoms with Crippen molar-refractivity contribution in [2.75, 3.05) is 19.6 Å². The summed E-state index contributed by atoms with van der Waals surface area (Å²) >= 11 is 0. The van der Waals surface area contributed by atoms with Gasteiger partial charge in [-0.25, -0.2) is 4.68 Å². The molecule has 3 rings (SSSR count). The number of hydrogen-bond donors (Lipinski definition) is 1. The molecule has 98 valence electrons. The topological polar surface area (TPSA) is 63.1 Å². The van der Waals surface area contributed by atoms with Gasteiger partial charge in [0.15, 0.2) is 5.69 Å². The molecular formula is C12H19N5O. The van der Waals surface area contributed by atoms with Crippen LogP contribution in [0.4, 0.5) is 0 Å². The molecule has 0 saturated carbocycles. The van der Waals surface area contributed by atoms with Gasteiger partial charge in [-0.15, -0.1) is 5.10 Å². The average molecular weight is 249 g/mol. The first-order valence-electron chi connectivity index (χ1n) is 6.58. The summed E-state index contributed by atoms with van der Waals surface area (Å²) in [6.07, 6.45) is 2.86. The number of amides is 1. The average Bonchev–Trinajstić information content (AvgIpc) is 2.82. The fourth-order valence-corrected chi connectivity index (χ4v) is 2.74. The minimum atomic E-state index is 0.0189. The normalized spacial score (nSPS) is 28.4. The van der Waals surface area contributed by atoms with Crippen molar-refractivity contribution in [3.63, 3.8) is 0 Å². The molecule has 1 amide bonds. The number of hydrogen-bond acceptors (Lipinski definition) is 4. The van der Waals surface area contributed by atoms with Gasteiger partial charge in [0.05, 0.1) is 12.2 Å². The van der Waals surface area contributed by atoms with E-state index in [1.807, 2.05) is 4.90 Å². The number of carbonyl (C=O) groups is 1. The fourth-order valence-electron chi connectivity index (χ4n) is 2.74. The maximum Gasteiger partial charge on any atom is 0.276 e. The van der Waals surface area contributed by atoms with Crippen LogP contribution in [-0.4, -0.2) is 51.5 Å². The van der Waals surface area contributed by atoms with Gasteiger partial charge in [0, 0.05) is 25.7 Å². The van der Waals surface area contributed by atoms with Crippen LogP contribution in [0.5, 0.6) is 0 Å². The van der Waals surface area contributed by atoms with Crippen LogP contribution >= 0.6 is 0 Å². The number of nitrogens with one attached hydrogen (secondary N) is 1. The van der Waals surface area contributed by atoms with Gasteiger partial charge >= 0.3 is 0 Å². The second kappa shape index (κ2) is 4.35. The number of aromatic nitrogens is 3. The van der Waals surface area contributed by atoms with Crippen molar-refractivity contribution in [1.29, 1.82) is 0 Å². The number of likely N-dealkylation sites (tertiary alicyclic amines) is 1. The fraction of sp³-hybridized carbons (Fsp3) is 0.750. The van der Waals surface area contributed by atoms with Gasteiger partial charge in [-0.1, -0.05) is 12.1 Å². The molecule has 1 N–H and O–H groups in total. The molecule has 0 aliphatic carbocycles. The lowest BCUT2D eigenvalue weighted by Crippen LogP contribution is -2.43. The Kier molecular flexibility index (Phi) is 2.81. The zero-order valence-electron chi connectivity index (χ0n) is 10.8. The molecule has 1 aromatic heterocycles. The highest BCUT2D eigenvalue weighted by Crippen LogP contribution is 2.24. The molecule has 2 atom stereocenters. The lowest BCUT2D eigenvalue weighted by atomic mass is 10.1. The van der Waals surface area contributed by atoms with E-state index in [1.165, 1.54) is 0 Å². The van der Waals surface area contributed by atoms with Crippen LogP contribution in [0.2, 0.25) is 0 Å². The zero-order valence-corrected chi connectivity index (χ0v) is 10.8. The first-order valence-corrected chi connectivity index (χ1v) is 6.58. The Morgan fingerprint density at radius 3 is 2.78 bits per heavy atom. The van der Waals surface area contributed by atoms with E-state index >= 15 is 0 Å². The van der Waals surface area contributed by atoms with E-state index in [1.54, 1.807) is 10.9 Å². The molecule has 2 unspecified atom stereocenters. The lowest BCUT2D eigenvalue weighted by Gasteiger charge is -2.26. The molecule has 0 radical (unpaired) electrons.